The summed E-state index contributed by atoms with van der Waals surface area (Å²) in [5.74, 6) is 1.02. The Hall–Kier alpha value is -1.20. The molecule has 0 aliphatic rings. The number of ether oxygens (including phenoxy) is 1. The van der Waals surface area contributed by atoms with Crippen LogP contribution in [0.5, 0.6) is 0 Å². The molecule has 108 valence electrons. The van der Waals surface area contributed by atoms with Crippen molar-refractivity contribution in [3.05, 3.63) is 17.7 Å². The van der Waals surface area contributed by atoms with Gasteiger partial charge in [0, 0.05) is 19.5 Å². The van der Waals surface area contributed by atoms with Crippen molar-refractivity contribution in [2.75, 3.05) is 25.1 Å². The fourth-order valence-electron chi connectivity index (χ4n) is 1.69. The van der Waals surface area contributed by atoms with Crippen molar-refractivity contribution in [1.29, 1.82) is 0 Å². The molecule has 1 N–H and O–H groups in total. The van der Waals surface area contributed by atoms with E-state index in [0.717, 1.165) is 18.1 Å². The van der Waals surface area contributed by atoms with Gasteiger partial charge in [-0.3, -0.25) is 0 Å². The van der Waals surface area contributed by atoms with Gasteiger partial charge in [0.1, 0.15) is 5.82 Å². The van der Waals surface area contributed by atoms with Gasteiger partial charge in [-0.2, -0.15) is 0 Å². The Bertz CT molecular complexity index is 394. The van der Waals surface area contributed by atoms with Crippen LogP contribution in [0.1, 0.15) is 45.1 Å². The van der Waals surface area contributed by atoms with E-state index in [0.29, 0.717) is 12.3 Å². The number of hydrogen-bond donors (Lipinski definition) is 1. The molecule has 0 saturated carbocycles. The number of aliphatic hydroxyl groups excluding tert-OH is 1. The second kappa shape index (κ2) is 7.40. The molecular weight excluding hydrogens is 242 g/mol. The van der Waals surface area contributed by atoms with Crippen molar-refractivity contribution < 1.29 is 9.84 Å². The van der Waals surface area contributed by atoms with Crippen LogP contribution in [0, 0.1) is 0 Å². The molecule has 5 heteroatoms. The molecule has 5 nitrogen and oxygen atoms in total. The first-order valence-electron chi connectivity index (χ1n) is 6.75. The normalized spacial score (nSPS) is 11.4. The average molecular weight is 267 g/mol. The Morgan fingerprint density at radius 1 is 1.32 bits per heavy atom. The van der Waals surface area contributed by atoms with Gasteiger partial charge in [0.25, 0.3) is 0 Å². The zero-order chi connectivity index (χ0) is 14.4. The maximum Gasteiger partial charge on any atom is 0.131 e. The van der Waals surface area contributed by atoms with Gasteiger partial charge in [-0.25, -0.2) is 9.97 Å². The summed E-state index contributed by atoms with van der Waals surface area (Å²) in [6, 6.07) is 0. The summed E-state index contributed by atoms with van der Waals surface area (Å²) < 4.78 is 5.52. The Balaban J connectivity index is 2.76. The summed E-state index contributed by atoms with van der Waals surface area (Å²) in [5.41, 5.74) is 1.53. The third kappa shape index (κ3) is 4.76. The number of hydrogen-bond acceptors (Lipinski definition) is 5. The predicted molar refractivity (Wildman–Crippen MR) is 76.4 cm³/mol. The fourth-order valence-corrected chi connectivity index (χ4v) is 1.69. The van der Waals surface area contributed by atoms with Crippen molar-refractivity contribution in [1.82, 2.24) is 9.97 Å². The van der Waals surface area contributed by atoms with E-state index in [9.17, 15) is 5.11 Å². The molecule has 0 aromatic carbocycles. The topological polar surface area (TPSA) is 58.5 Å². The van der Waals surface area contributed by atoms with E-state index in [1.807, 2.05) is 39.6 Å². The molecule has 1 aromatic heterocycles. The first-order chi connectivity index (χ1) is 8.95. The maximum atomic E-state index is 9.44. The summed E-state index contributed by atoms with van der Waals surface area (Å²) in [7, 11) is 1.95. The number of anilines is 1. The third-order valence-corrected chi connectivity index (χ3v) is 2.82. The molecule has 1 heterocycles. The summed E-state index contributed by atoms with van der Waals surface area (Å²) in [6.07, 6.45) is 2.01. The molecule has 0 bridgehead atoms. The number of likely N-dealkylation sites (N-methyl/N-ethyl adjacent to an activating group) is 1. The SMILES string of the molecule is CC(C)OCCN(C)c1cnc(C(C)C)nc1CO. The molecule has 1 rings (SSSR count). The van der Waals surface area contributed by atoms with Crippen LogP contribution in [-0.4, -0.2) is 41.4 Å². The maximum absolute atomic E-state index is 9.44. The summed E-state index contributed by atoms with van der Waals surface area (Å²) in [5, 5.41) is 9.44. The van der Waals surface area contributed by atoms with Crippen LogP contribution in [0.25, 0.3) is 0 Å². The van der Waals surface area contributed by atoms with Gasteiger partial charge in [0.2, 0.25) is 0 Å². The summed E-state index contributed by atoms with van der Waals surface area (Å²) >= 11 is 0. The van der Waals surface area contributed by atoms with Crippen LogP contribution >= 0.6 is 0 Å². The molecule has 0 radical (unpaired) electrons. The van der Waals surface area contributed by atoms with Gasteiger partial charge in [0.15, 0.2) is 0 Å². The number of aliphatic hydroxyl groups is 1. The Morgan fingerprint density at radius 3 is 2.53 bits per heavy atom. The van der Waals surface area contributed by atoms with Gasteiger partial charge < -0.3 is 14.7 Å². The van der Waals surface area contributed by atoms with Crippen molar-refractivity contribution >= 4 is 5.69 Å². The first-order valence-corrected chi connectivity index (χ1v) is 6.75. The zero-order valence-electron chi connectivity index (χ0n) is 12.6. The summed E-state index contributed by atoms with van der Waals surface area (Å²) in [6.45, 7) is 9.42. The average Bonchev–Trinajstić information content (AvgIpc) is 2.37. The van der Waals surface area contributed by atoms with Gasteiger partial charge in [-0.15, -0.1) is 0 Å². The van der Waals surface area contributed by atoms with Crippen molar-refractivity contribution in [2.24, 2.45) is 0 Å². The third-order valence-electron chi connectivity index (χ3n) is 2.82. The van der Waals surface area contributed by atoms with Crippen LogP contribution in [0.2, 0.25) is 0 Å². The standard InChI is InChI=1S/C14H25N3O2/c1-10(2)14-15-8-13(12(9-18)16-14)17(5)6-7-19-11(3)4/h8,10-11,18H,6-7,9H2,1-5H3. The lowest BCUT2D eigenvalue weighted by atomic mass is 10.2. The van der Waals surface area contributed by atoms with E-state index in [4.69, 9.17) is 4.74 Å². The number of rotatable bonds is 7. The molecule has 0 atom stereocenters. The highest BCUT2D eigenvalue weighted by molar-refractivity contribution is 5.48. The minimum Gasteiger partial charge on any atom is -0.390 e. The Morgan fingerprint density at radius 2 is 2.00 bits per heavy atom. The van der Waals surface area contributed by atoms with E-state index >= 15 is 0 Å². The van der Waals surface area contributed by atoms with Crippen LogP contribution in [0.4, 0.5) is 5.69 Å². The second-order valence-corrected chi connectivity index (χ2v) is 5.21. The van der Waals surface area contributed by atoms with Crippen LogP contribution in [0.15, 0.2) is 6.20 Å². The Kier molecular flexibility index (Phi) is 6.18. The molecule has 0 unspecified atom stereocenters. The number of nitrogens with zero attached hydrogens (tertiary/aromatic N) is 3. The minimum absolute atomic E-state index is 0.0764. The van der Waals surface area contributed by atoms with E-state index in [-0.39, 0.29) is 18.6 Å². The smallest absolute Gasteiger partial charge is 0.131 e. The highest BCUT2D eigenvalue weighted by atomic mass is 16.5. The van der Waals surface area contributed by atoms with Crippen molar-refractivity contribution in [3.63, 3.8) is 0 Å². The second-order valence-electron chi connectivity index (χ2n) is 5.21. The predicted octanol–water partition coefficient (Wildman–Crippen LogP) is 1.95. The van der Waals surface area contributed by atoms with E-state index in [2.05, 4.69) is 9.97 Å². The fraction of sp³-hybridized carbons (Fsp3) is 0.714. The van der Waals surface area contributed by atoms with E-state index in [1.54, 1.807) is 6.20 Å². The van der Waals surface area contributed by atoms with Gasteiger partial charge in [0.05, 0.1) is 36.9 Å². The number of aromatic nitrogens is 2. The van der Waals surface area contributed by atoms with Gasteiger partial charge in [-0.05, 0) is 13.8 Å². The monoisotopic (exact) mass is 267 g/mol. The molecule has 0 amide bonds. The lowest BCUT2D eigenvalue weighted by Crippen LogP contribution is -2.25. The lowest BCUT2D eigenvalue weighted by Gasteiger charge is -2.22. The van der Waals surface area contributed by atoms with Crippen LogP contribution < -0.4 is 4.90 Å². The van der Waals surface area contributed by atoms with Gasteiger partial charge >= 0.3 is 0 Å². The highest BCUT2D eigenvalue weighted by Gasteiger charge is 2.12. The van der Waals surface area contributed by atoms with Crippen LogP contribution in [0.3, 0.4) is 0 Å². The van der Waals surface area contributed by atoms with E-state index in [1.165, 1.54) is 0 Å². The minimum atomic E-state index is -0.0764. The first kappa shape index (κ1) is 15.9. The largest absolute Gasteiger partial charge is 0.390 e. The molecule has 1 aromatic rings. The van der Waals surface area contributed by atoms with Gasteiger partial charge in [-0.1, -0.05) is 13.8 Å². The molecule has 0 fully saturated rings. The molecule has 0 aliphatic carbocycles. The van der Waals surface area contributed by atoms with Crippen molar-refractivity contribution in [2.45, 2.75) is 46.3 Å². The molecule has 0 spiro atoms. The molecule has 0 saturated heterocycles. The van der Waals surface area contributed by atoms with Crippen LogP contribution in [-0.2, 0) is 11.3 Å². The Labute approximate surface area is 115 Å². The zero-order valence-corrected chi connectivity index (χ0v) is 12.6. The lowest BCUT2D eigenvalue weighted by molar-refractivity contribution is 0.0845. The quantitative estimate of drug-likeness (QED) is 0.818. The summed E-state index contributed by atoms with van der Waals surface area (Å²) in [4.78, 5) is 10.8. The van der Waals surface area contributed by atoms with Crippen molar-refractivity contribution in [3.8, 4) is 0 Å². The van der Waals surface area contributed by atoms with E-state index < -0.39 is 0 Å². The highest BCUT2D eigenvalue weighted by Crippen LogP contribution is 2.19. The molecular formula is C14H25N3O2. The molecule has 0 aliphatic heterocycles. The molecule has 19 heavy (non-hydrogen) atoms.